The average Bonchev–Trinajstić information content (AvgIpc) is 2.25. The van der Waals surface area contributed by atoms with Gasteiger partial charge in [0.05, 0.1) is 0 Å². The molecule has 0 aromatic carbocycles. The Balaban J connectivity index is 2.62. The lowest BCUT2D eigenvalue weighted by molar-refractivity contribution is 0.442. The summed E-state index contributed by atoms with van der Waals surface area (Å²) in [5, 5.41) is 6.59. The highest BCUT2D eigenvalue weighted by atomic mass is 15.1. The molecule has 1 rings (SSSR count). The Morgan fingerprint density at radius 2 is 1.78 bits per heavy atom. The summed E-state index contributed by atoms with van der Waals surface area (Å²) in [5.41, 5.74) is 5.69. The molecule has 0 bridgehead atoms. The van der Waals surface area contributed by atoms with Crippen molar-refractivity contribution in [3.05, 3.63) is 11.9 Å². The maximum Gasteiger partial charge on any atom is 0.131 e. The molecule has 102 valence electrons. The van der Waals surface area contributed by atoms with E-state index in [9.17, 15) is 0 Å². The van der Waals surface area contributed by atoms with E-state index in [1.165, 1.54) is 0 Å². The lowest BCUT2D eigenvalue weighted by Gasteiger charge is -2.19. The van der Waals surface area contributed by atoms with Gasteiger partial charge in [-0.1, -0.05) is 20.8 Å². The topological polar surface area (TPSA) is 75.9 Å². The smallest absolute Gasteiger partial charge is 0.131 e. The Morgan fingerprint density at radius 1 is 1.17 bits per heavy atom. The third kappa shape index (κ3) is 5.82. The van der Waals surface area contributed by atoms with Crippen molar-refractivity contribution in [2.75, 3.05) is 30.3 Å². The molecule has 1 aromatic heterocycles. The number of nitrogens with zero attached hydrogens (tertiary/aromatic N) is 2. The SMILES string of the molecule is Cc1nc(NCCCN)cc(NCC(C)(C)C)n1. The third-order valence-electron chi connectivity index (χ3n) is 2.32. The number of nitrogens with one attached hydrogen (secondary N) is 2. The lowest BCUT2D eigenvalue weighted by atomic mass is 9.97. The highest BCUT2D eigenvalue weighted by Crippen LogP contribution is 2.16. The molecular weight excluding hydrogens is 226 g/mol. The van der Waals surface area contributed by atoms with Gasteiger partial charge in [0, 0.05) is 19.2 Å². The standard InChI is InChI=1S/C13H25N5/c1-10-17-11(15-7-5-6-14)8-12(18-10)16-9-13(2,3)4/h8H,5-7,9,14H2,1-4H3,(H2,15,16,17,18). The molecule has 0 atom stereocenters. The number of nitrogens with two attached hydrogens (primary N) is 1. The van der Waals surface area contributed by atoms with E-state index < -0.39 is 0 Å². The lowest BCUT2D eigenvalue weighted by Crippen LogP contribution is -2.20. The van der Waals surface area contributed by atoms with Crippen molar-refractivity contribution in [2.24, 2.45) is 11.1 Å². The van der Waals surface area contributed by atoms with Crippen molar-refractivity contribution < 1.29 is 0 Å². The quantitative estimate of drug-likeness (QED) is 0.674. The van der Waals surface area contributed by atoms with Crippen molar-refractivity contribution in [1.82, 2.24) is 9.97 Å². The van der Waals surface area contributed by atoms with Gasteiger partial charge < -0.3 is 16.4 Å². The zero-order valence-corrected chi connectivity index (χ0v) is 11.9. The van der Waals surface area contributed by atoms with E-state index in [0.29, 0.717) is 6.54 Å². The summed E-state index contributed by atoms with van der Waals surface area (Å²) in [5.74, 6) is 2.49. The van der Waals surface area contributed by atoms with Crippen LogP contribution in [0.25, 0.3) is 0 Å². The fourth-order valence-electron chi connectivity index (χ4n) is 1.42. The van der Waals surface area contributed by atoms with Crippen LogP contribution in [0.5, 0.6) is 0 Å². The summed E-state index contributed by atoms with van der Waals surface area (Å²) in [6.45, 7) is 10.9. The molecular formula is C13H25N5. The van der Waals surface area contributed by atoms with E-state index in [1.54, 1.807) is 0 Å². The molecule has 0 radical (unpaired) electrons. The zero-order chi connectivity index (χ0) is 13.6. The second-order valence-electron chi connectivity index (χ2n) is 5.67. The highest BCUT2D eigenvalue weighted by Gasteiger charge is 2.10. The highest BCUT2D eigenvalue weighted by molar-refractivity contribution is 5.47. The van der Waals surface area contributed by atoms with Crippen LogP contribution in [0.2, 0.25) is 0 Å². The fraction of sp³-hybridized carbons (Fsp3) is 0.692. The second kappa shape index (κ2) is 6.54. The summed E-state index contributed by atoms with van der Waals surface area (Å²) in [6, 6.07) is 1.94. The van der Waals surface area contributed by atoms with Crippen LogP contribution in [0.4, 0.5) is 11.6 Å². The van der Waals surface area contributed by atoms with Crippen LogP contribution in [-0.2, 0) is 0 Å². The van der Waals surface area contributed by atoms with Gasteiger partial charge in [-0.25, -0.2) is 9.97 Å². The van der Waals surface area contributed by atoms with Crippen LogP contribution in [0.3, 0.4) is 0 Å². The molecule has 0 aliphatic carbocycles. The molecule has 0 fully saturated rings. The first-order valence-electron chi connectivity index (χ1n) is 6.44. The third-order valence-corrected chi connectivity index (χ3v) is 2.32. The predicted molar refractivity (Wildman–Crippen MR) is 76.9 cm³/mol. The molecule has 0 spiro atoms. The number of anilines is 2. The van der Waals surface area contributed by atoms with Crippen molar-refractivity contribution in [2.45, 2.75) is 34.1 Å². The molecule has 0 saturated carbocycles. The van der Waals surface area contributed by atoms with Gasteiger partial charge in [0.2, 0.25) is 0 Å². The molecule has 0 amide bonds. The van der Waals surface area contributed by atoms with Crippen molar-refractivity contribution in [3.8, 4) is 0 Å². The van der Waals surface area contributed by atoms with Crippen LogP contribution in [0.15, 0.2) is 6.07 Å². The van der Waals surface area contributed by atoms with Crippen LogP contribution < -0.4 is 16.4 Å². The Kier molecular flexibility index (Phi) is 5.34. The summed E-state index contributed by atoms with van der Waals surface area (Å²) >= 11 is 0. The molecule has 0 aliphatic heterocycles. The summed E-state index contributed by atoms with van der Waals surface area (Å²) in [4.78, 5) is 8.73. The van der Waals surface area contributed by atoms with Gasteiger partial charge in [-0.3, -0.25) is 0 Å². The van der Waals surface area contributed by atoms with E-state index in [0.717, 1.165) is 37.0 Å². The Morgan fingerprint density at radius 3 is 2.33 bits per heavy atom. The van der Waals surface area contributed by atoms with Crippen molar-refractivity contribution in [3.63, 3.8) is 0 Å². The minimum absolute atomic E-state index is 0.228. The van der Waals surface area contributed by atoms with Gasteiger partial charge in [0.15, 0.2) is 0 Å². The number of rotatable bonds is 6. The Bertz CT molecular complexity index is 370. The molecule has 4 N–H and O–H groups in total. The second-order valence-corrected chi connectivity index (χ2v) is 5.67. The maximum atomic E-state index is 5.46. The molecule has 0 aliphatic rings. The van der Waals surface area contributed by atoms with Crippen LogP contribution in [0.1, 0.15) is 33.0 Å². The van der Waals surface area contributed by atoms with Crippen LogP contribution in [-0.4, -0.2) is 29.6 Å². The minimum atomic E-state index is 0.228. The largest absolute Gasteiger partial charge is 0.370 e. The van der Waals surface area contributed by atoms with Gasteiger partial charge in [-0.15, -0.1) is 0 Å². The van der Waals surface area contributed by atoms with Gasteiger partial charge >= 0.3 is 0 Å². The number of hydrogen-bond acceptors (Lipinski definition) is 5. The predicted octanol–water partition coefficient (Wildman–Crippen LogP) is 2.00. The molecule has 5 nitrogen and oxygen atoms in total. The van der Waals surface area contributed by atoms with Gasteiger partial charge in [-0.2, -0.15) is 0 Å². The summed E-state index contributed by atoms with van der Waals surface area (Å²) in [6.07, 6.45) is 0.938. The molecule has 0 saturated heterocycles. The van der Waals surface area contributed by atoms with Crippen molar-refractivity contribution in [1.29, 1.82) is 0 Å². The van der Waals surface area contributed by atoms with E-state index in [-0.39, 0.29) is 5.41 Å². The molecule has 1 aromatic rings. The van der Waals surface area contributed by atoms with Crippen LogP contribution in [0, 0.1) is 12.3 Å². The monoisotopic (exact) mass is 251 g/mol. The Hall–Kier alpha value is -1.36. The zero-order valence-electron chi connectivity index (χ0n) is 11.9. The fourth-order valence-corrected chi connectivity index (χ4v) is 1.42. The average molecular weight is 251 g/mol. The number of aryl methyl sites for hydroxylation is 1. The van der Waals surface area contributed by atoms with E-state index in [1.807, 2.05) is 13.0 Å². The summed E-state index contributed by atoms with van der Waals surface area (Å²) in [7, 11) is 0. The number of aromatic nitrogens is 2. The van der Waals surface area contributed by atoms with Gasteiger partial charge in [0.1, 0.15) is 17.5 Å². The first-order chi connectivity index (χ1) is 8.40. The van der Waals surface area contributed by atoms with Crippen molar-refractivity contribution >= 4 is 11.6 Å². The van der Waals surface area contributed by atoms with E-state index in [2.05, 4.69) is 41.4 Å². The van der Waals surface area contributed by atoms with E-state index >= 15 is 0 Å². The van der Waals surface area contributed by atoms with E-state index in [4.69, 9.17) is 5.73 Å². The van der Waals surface area contributed by atoms with Gasteiger partial charge in [0.25, 0.3) is 0 Å². The number of hydrogen-bond donors (Lipinski definition) is 3. The van der Waals surface area contributed by atoms with Crippen LogP contribution >= 0.6 is 0 Å². The molecule has 1 heterocycles. The molecule has 5 heteroatoms. The molecule has 18 heavy (non-hydrogen) atoms. The molecule has 0 unspecified atom stereocenters. The first-order valence-corrected chi connectivity index (χ1v) is 6.44. The summed E-state index contributed by atoms with van der Waals surface area (Å²) < 4.78 is 0. The maximum absolute atomic E-state index is 5.46. The first kappa shape index (κ1) is 14.7. The minimum Gasteiger partial charge on any atom is -0.370 e. The van der Waals surface area contributed by atoms with Gasteiger partial charge in [-0.05, 0) is 25.3 Å². The normalized spacial score (nSPS) is 11.4. The Labute approximate surface area is 110 Å².